The number of carbonyl (C=O) groups excluding carboxylic acids is 1. The maximum atomic E-state index is 12.4. The van der Waals surface area contributed by atoms with Crippen LogP contribution in [0.1, 0.15) is 39.5 Å². The van der Waals surface area contributed by atoms with Gasteiger partial charge in [-0.1, -0.05) is 25.5 Å². The van der Waals surface area contributed by atoms with Gasteiger partial charge in [0.25, 0.3) is 0 Å². The third kappa shape index (κ3) is 6.55. The van der Waals surface area contributed by atoms with Gasteiger partial charge < -0.3 is 14.2 Å². The number of rotatable bonds is 10. The second-order valence-electron chi connectivity index (χ2n) is 6.09. The molecule has 1 amide bonds. The van der Waals surface area contributed by atoms with Gasteiger partial charge in [0.1, 0.15) is 5.75 Å². The zero-order valence-corrected chi connectivity index (χ0v) is 15.3. The summed E-state index contributed by atoms with van der Waals surface area (Å²) in [6.45, 7) is 7.53. The fraction of sp³-hybridized carbons (Fsp3) is 0.632. The largest absolute Gasteiger partial charge is 0.491 e. The molecule has 2 rings (SSSR count). The highest BCUT2D eigenvalue weighted by Crippen LogP contribution is 2.24. The molecule has 140 valence electrons. The Morgan fingerprint density at radius 2 is 2.00 bits per heavy atom. The topological polar surface area (TPSA) is 60.0 Å². The summed E-state index contributed by atoms with van der Waals surface area (Å²) in [6.07, 6.45) is 3.46. The van der Waals surface area contributed by atoms with Crippen LogP contribution in [-0.4, -0.2) is 50.1 Å². The molecule has 0 spiro atoms. The third-order valence-electron chi connectivity index (χ3n) is 4.13. The number of para-hydroxylation sites is 2. The molecule has 0 radical (unpaired) electrons. The number of amides is 1. The molecule has 1 aliphatic heterocycles. The SMILES string of the molecule is CCCCOc1ccccc1NC(=O)OC(COCC)N1CCCC1. The summed E-state index contributed by atoms with van der Waals surface area (Å²) in [6, 6.07) is 7.42. The smallest absolute Gasteiger partial charge is 0.413 e. The molecular weight excluding hydrogens is 320 g/mol. The molecular formula is C19H30N2O4. The molecule has 1 fully saturated rings. The van der Waals surface area contributed by atoms with Crippen molar-refractivity contribution in [1.82, 2.24) is 4.90 Å². The lowest BCUT2D eigenvalue weighted by atomic mass is 10.3. The number of ether oxygens (including phenoxy) is 3. The van der Waals surface area contributed by atoms with Gasteiger partial charge in [0.05, 0.1) is 18.9 Å². The van der Waals surface area contributed by atoms with Crippen LogP contribution in [0.5, 0.6) is 5.75 Å². The van der Waals surface area contributed by atoms with Gasteiger partial charge in [-0.05, 0) is 38.3 Å². The number of hydrogen-bond donors (Lipinski definition) is 1. The number of carbonyl (C=O) groups is 1. The van der Waals surface area contributed by atoms with E-state index >= 15 is 0 Å². The number of nitrogens with zero attached hydrogens (tertiary/aromatic N) is 1. The lowest BCUT2D eigenvalue weighted by Crippen LogP contribution is -2.41. The standard InChI is InChI=1S/C19H30N2O4/c1-3-5-14-24-17-11-7-6-10-16(17)20-19(22)25-18(15-23-4-2)21-12-8-9-13-21/h6-7,10-11,18H,3-5,8-9,12-15H2,1-2H3,(H,20,22). The van der Waals surface area contributed by atoms with Gasteiger partial charge in [0, 0.05) is 19.7 Å². The summed E-state index contributed by atoms with van der Waals surface area (Å²) in [4.78, 5) is 14.5. The Balaban J connectivity index is 1.93. The van der Waals surface area contributed by atoms with Gasteiger partial charge in [0.2, 0.25) is 0 Å². The molecule has 1 aromatic rings. The molecule has 1 N–H and O–H groups in total. The summed E-state index contributed by atoms with van der Waals surface area (Å²) in [5.74, 6) is 0.662. The first-order valence-corrected chi connectivity index (χ1v) is 9.25. The molecule has 6 heteroatoms. The molecule has 0 bridgehead atoms. The lowest BCUT2D eigenvalue weighted by Gasteiger charge is -2.27. The van der Waals surface area contributed by atoms with Crippen LogP contribution in [0.3, 0.4) is 0 Å². The van der Waals surface area contributed by atoms with Crippen LogP contribution in [-0.2, 0) is 9.47 Å². The van der Waals surface area contributed by atoms with Crippen LogP contribution in [0.2, 0.25) is 0 Å². The Kier molecular flexibility index (Phi) is 8.55. The highest BCUT2D eigenvalue weighted by molar-refractivity contribution is 5.86. The van der Waals surface area contributed by atoms with Gasteiger partial charge in [-0.2, -0.15) is 0 Å². The van der Waals surface area contributed by atoms with Crippen molar-refractivity contribution >= 4 is 11.8 Å². The maximum Gasteiger partial charge on any atom is 0.413 e. The van der Waals surface area contributed by atoms with E-state index in [9.17, 15) is 4.79 Å². The van der Waals surface area contributed by atoms with Crippen molar-refractivity contribution in [1.29, 1.82) is 0 Å². The molecule has 0 aliphatic carbocycles. The van der Waals surface area contributed by atoms with Crippen molar-refractivity contribution in [2.75, 3.05) is 38.2 Å². The van der Waals surface area contributed by atoms with Gasteiger partial charge >= 0.3 is 6.09 Å². The van der Waals surface area contributed by atoms with E-state index < -0.39 is 6.09 Å². The van der Waals surface area contributed by atoms with Crippen LogP contribution < -0.4 is 10.1 Å². The van der Waals surface area contributed by atoms with E-state index in [-0.39, 0.29) is 6.23 Å². The fourth-order valence-corrected chi connectivity index (χ4v) is 2.75. The second kappa shape index (κ2) is 10.9. The van der Waals surface area contributed by atoms with Crippen LogP contribution in [0.25, 0.3) is 0 Å². The van der Waals surface area contributed by atoms with Gasteiger partial charge in [0.15, 0.2) is 6.23 Å². The van der Waals surface area contributed by atoms with Gasteiger partial charge in [-0.3, -0.25) is 10.2 Å². The number of anilines is 1. The van der Waals surface area contributed by atoms with E-state index in [2.05, 4.69) is 17.1 Å². The molecule has 0 aromatic heterocycles. The first kappa shape index (κ1) is 19.5. The van der Waals surface area contributed by atoms with E-state index in [1.54, 1.807) is 0 Å². The molecule has 1 heterocycles. The van der Waals surface area contributed by atoms with Crippen molar-refractivity contribution in [2.24, 2.45) is 0 Å². The molecule has 1 unspecified atom stereocenters. The van der Waals surface area contributed by atoms with E-state index in [0.29, 0.717) is 31.3 Å². The van der Waals surface area contributed by atoms with Crippen LogP contribution in [0.4, 0.5) is 10.5 Å². The van der Waals surface area contributed by atoms with E-state index in [4.69, 9.17) is 14.2 Å². The Labute approximate surface area is 150 Å². The van der Waals surface area contributed by atoms with Crippen molar-refractivity contribution in [3.63, 3.8) is 0 Å². The number of likely N-dealkylation sites (tertiary alicyclic amines) is 1. The monoisotopic (exact) mass is 350 g/mol. The molecule has 6 nitrogen and oxygen atoms in total. The number of benzene rings is 1. The minimum absolute atomic E-state index is 0.351. The summed E-state index contributed by atoms with van der Waals surface area (Å²) in [7, 11) is 0. The Hall–Kier alpha value is -1.79. The first-order valence-electron chi connectivity index (χ1n) is 9.25. The Bertz CT molecular complexity index is 518. The second-order valence-corrected chi connectivity index (χ2v) is 6.09. The Morgan fingerprint density at radius 3 is 2.72 bits per heavy atom. The molecule has 1 aliphatic rings. The van der Waals surface area contributed by atoms with E-state index in [1.807, 2.05) is 31.2 Å². The Morgan fingerprint density at radius 1 is 1.24 bits per heavy atom. The zero-order valence-electron chi connectivity index (χ0n) is 15.3. The summed E-state index contributed by atoms with van der Waals surface area (Å²) in [5, 5.41) is 2.80. The summed E-state index contributed by atoms with van der Waals surface area (Å²) < 4.78 is 16.8. The van der Waals surface area contributed by atoms with Crippen molar-refractivity contribution in [3.05, 3.63) is 24.3 Å². The molecule has 1 saturated heterocycles. The molecule has 0 saturated carbocycles. The number of unbranched alkanes of at least 4 members (excludes halogenated alkanes) is 1. The van der Waals surface area contributed by atoms with Crippen molar-refractivity contribution in [3.8, 4) is 5.75 Å². The normalized spacial score (nSPS) is 15.8. The fourth-order valence-electron chi connectivity index (χ4n) is 2.75. The van der Waals surface area contributed by atoms with Crippen molar-refractivity contribution in [2.45, 2.75) is 45.8 Å². The van der Waals surface area contributed by atoms with E-state index in [1.165, 1.54) is 0 Å². The average molecular weight is 350 g/mol. The van der Waals surface area contributed by atoms with E-state index in [0.717, 1.165) is 38.8 Å². The van der Waals surface area contributed by atoms with Gasteiger partial charge in [-0.25, -0.2) is 4.79 Å². The quantitative estimate of drug-likeness (QED) is 0.649. The highest BCUT2D eigenvalue weighted by atomic mass is 16.6. The first-order chi connectivity index (χ1) is 12.2. The van der Waals surface area contributed by atoms with Crippen LogP contribution in [0.15, 0.2) is 24.3 Å². The number of nitrogens with one attached hydrogen (secondary N) is 1. The maximum absolute atomic E-state index is 12.4. The summed E-state index contributed by atoms with van der Waals surface area (Å²) >= 11 is 0. The molecule has 25 heavy (non-hydrogen) atoms. The van der Waals surface area contributed by atoms with Crippen molar-refractivity contribution < 1.29 is 19.0 Å². The number of hydrogen-bond acceptors (Lipinski definition) is 5. The summed E-state index contributed by atoms with van der Waals surface area (Å²) in [5.41, 5.74) is 0.625. The van der Waals surface area contributed by atoms with Crippen LogP contribution >= 0.6 is 0 Å². The highest BCUT2D eigenvalue weighted by Gasteiger charge is 2.25. The molecule has 1 aromatic carbocycles. The average Bonchev–Trinajstić information content (AvgIpc) is 3.15. The minimum atomic E-state index is -0.483. The predicted octanol–water partition coefficient (Wildman–Crippen LogP) is 3.87. The zero-order chi connectivity index (χ0) is 17.9. The molecule has 1 atom stereocenters. The van der Waals surface area contributed by atoms with Crippen LogP contribution in [0, 0.1) is 0 Å². The lowest BCUT2D eigenvalue weighted by molar-refractivity contribution is -0.0507. The van der Waals surface area contributed by atoms with Gasteiger partial charge in [-0.15, -0.1) is 0 Å². The minimum Gasteiger partial charge on any atom is -0.491 e. The predicted molar refractivity (Wildman–Crippen MR) is 98.0 cm³/mol. The third-order valence-corrected chi connectivity index (χ3v) is 4.13.